The third-order valence-electron chi connectivity index (χ3n) is 3.95. The lowest BCUT2D eigenvalue weighted by molar-refractivity contribution is -0.112. The summed E-state index contributed by atoms with van der Waals surface area (Å²) in [6, 6.07) is 12.8. The van der Waals surface area contributed by atoms with E-state index in [1.54, 1.807) is 25.3 Å². The van der Waals surface area contributed by atoms with E-state index < -0.39 is 5.91 Å². The fourth-order valence-corrected chi connectivity index (χ4v) is 2.36. The van der Waals surface area contributed by atoms with Gasteiger partial charge in [-0.1, -0.05) is 6.07 Å². The molecule has 0 bridgehead atoms. The summed E-state index contributed by atoms with van der Waals surface area (Å²) in [5.41, 5.74) is 3.49. The van der Waals surface area contributed by atoms with Gasteiger partial charge in [-0.05, 0) is 62.2 Å². The molecule has 2 aromatic carbocycles. The predicted octanol–water partition coefficient (Wildman–Crippen LogP) is 4.26. The second-order valence-corrected chi connectivity index (χ2v) is 5.76. The SMILES string of the molecule is CCOc1cc(OC)ccc1/C=C(\C#N)C(=O)Nc1ccc(C)c(C)c1. The second-order valence-electron chi connectivity index (χ2n) is 5.76. The number of ether oxygens (including phenoxy) is 2. The smallest absolute Gasteiger partial charge is 0.266 e. The van der Waals surface area contributed by atoms with Gasteiger partial charge in [-0.15, -0.1) is 0 Å². The van der Waals surface area contributed by atoms with E-state index in [2.05, 4.69) is 5.32 Å². The lowest BCUT2D eigenvalue weighted by Gasteiger charge is -2.10. The van der Waals surface area contributed by atoms with Gasteiger partial charge in [0.05, 0.1) is 13.7 Å². The van der Waals surface area contributed by atoms with Crippen LogP contribution < -0.4 is 14.8 Å². The number of carbonyl (C=O) groups excluding carboxylic acids is 1. The topological polar surface area (TPSA) is 71.3 Å². The first-order valence-corrected chi connectivity index (χ1v) is 8.29. The third kappa shape index (κ3) is 4.64. The van der Waals surface area contributed by atoms with Crippen LogP contribution in [0.2, 0.25) is 0 Å². The summed E-state index contributed by atoms with van der Waals surface area (Å²) in [6.07, 6.45) is 1.51. The molecule has 2 aromatic rings. The Bertz CT molecular complexity index is 879. The van der Waals surface area contributed by atoms with E-state index >= 15 is 0 Å². The normalized spacial score (nSPS) is 10.8. The van der Waals surface area contributed by atoms with Gasteiger partial charge in [0.2, 0.25) is 0 Å². The van der Waals surface area contributed by atoms with E-state index in [9.17, 15) is 10.1 Å². The molecular weight excluding hydrogens is 328 g/mol. The van der Waals surface area contributed by atoms with Crippen LogP contribution in [0.5, 0.6) is 11.5 Å². The third-order valence-corrected chi connectivity index (χ3v) is 3.95. The molecule has 0 fully saturated rings. The first-order valence-electron chi connectivity index (χ1n) is 8.29. The Labute approximate surface area is 153 Å². The van der Waals surface area contributed by atoms with Crippen molar-refractivity contribution >= 4 is 17.7 Å². The van der Waals surface area contributed by atoms with Gasteiger partial charge in [0.1, 0.15) is 23.1 Å². The standard InChI is InChI=1S/C21H22N2O3/c1-5-26-20-12-19(25-4)9-7-16(20)11-17(13-22)21(24)23-18-8-6-14(2)15(3)10-18/h6-12H,5H2,1-4H3,(H,23,24)/b17-11+. The molecular formula is C21H22N2O3. The molecule has 0 atom stereocenters. The lowest BCUT2D eigenvalue weighted by Crippen LogP contribution is -2.13. The van der Waals surface area contributed by atoms with Gasteiger partial charge >= 0.3 is 0 Å². The molecule has 1 amide bonds. The summed E-state index contributed by atoms with van der Waals surface area (Å²) in [6.45, 7) is 6.30. The number of carbonyl (C=O) groups is 1. The lowest BCUT2D eigenvalue weighted by atomic mass is 10.1. The number of benzene rings is 2. The summed E-state index contributed by atoms with van der Waals surface area (Å²) in [5.74, 6) is 0.733. The molecule has 5 nitrogen and oxygen atoms in total. The summed E-state index contributed by atoms with van der Waals surface area (Å²) in [5, 5.41) is 12.2. The molecule has 0 aliphatic rings. The maximum absolute atomic E-state index is 12.5. The molecule has 26 heavy (non-hydrogen) atoms. The van der Waals surface area contributed by atoms with Crippen molar-refractivity contribution in [3.63, 3.8) is 0 Å². The Morgan fingerprint density at radius 2 is 1.96 bits per heavy atom. The molecule has 0 radical (unpaired) electrons. The highest BCUT2D eigenvalue weighted by Gasteiger charge is 2.12. The van der Waals surface area contributed by atoms with Crippen LogP contribution in [0, 0.1) is 25.2 Å². The van der Waals surface area contributed by atoms with Crippen molar-refractivity contribution in [3.8, 4) is 17.6 Å². The number of nitrogens with zero attached hydrogens (tertiary/aromatic N) is 1. The highest BCUT2D eigenvalue weighted by Crippen LogP contribution is 2.27. The van der Waals surface area contributed by atoms with E-state index in [1.807, 2.05) is 45.0 Å². The number of hydrogen-bond donors (Lipinski definition) is 1. The molecule has 2 rings (SSSR count). The maximum Gasteiger partial charge on any atom is 0.266 e. The summed E-state index contributed by atoms with van der Waals surface area (Å²) < 4.78 is 10.8. The monoisotopic (exact) mass is 350 g/mol. The molecule has 0 unspecified atom stereocenters. The van der Waals surface area contributed by atoms with Crippen molar-refractivity contribution in [2.75, 3.05) is 19.0 Å². The Morgan fingerprint density at radius 3 is 2.58 bits per heavy atom. The van der Waals surface area contributed by atoms with Crippen LogP contribution in [-0.2, 0) is 4.79 Å². The fourth-order valence-electron chi connectivity index (χ4n) is 2.36. The number of rotatable bonds is 6. The van der Waals surface area contributed by atoms with Crippen LogP contribution >= 0.6 is 0 Å². The average molecular weight is 350 g/mol. The largest absolute Gasteiger partial charge is 0.497 e. The van der Waals surface area contributed by atoms with Crippen LogP contribution in [0.25, 0.3) is 6.08 Å². The van der Waals surface area contributed by atoms with Crippen LogP contribution in [0.4, 0.5) is 5.69 Å². The first kappa shape index (κ1) is 19.1. The Balaban J connectivity index is 2.30. The number of hydrogen-bond acceptors (Lipinski definition) is 4. The van der Waals surface area contributed by atoms with Gasteiger partial charge in [0.25, 0.3) is 5.91 Å². The van der Waals surface area contributed by atoms with Crippen molar-refractivity contribution in [2.24, 2.45) is 0 Å². The highest BCUT2D eigenvalue weighted by molar-refractivity contribution is 6.09. The Kier molecular flexibility index (Phi) is 6.40. The molecule has 0 heterocycles. The summed E-state index contributed by atoms with van der Waals surface area (Å²) in [4.78, 5) is 12.5. The van der Waals surface area contributed by atoms with Crippen molar-refractivity contribution in [1.82, 2.24) is 0 Å². The van der Waals surface area contributed by atoms with Crippen molar-refractivity contribution < 1.29 is 14.3 Å². The van der Waals surface area contributed by atoms with Gasteiger partial charge in [-0.2, -0.15) is 5.26 Å². The van der Waals surface area contributed by atoms with Gasteiger partial charge < -0.3 is 14.8 Å². The number of nitrogens with one attached hydrogen (secondary N) is 1. The van der Waals surface area contributed by atoms with Gasteiger partial charge in [-0.25, -0.2) is 0 Å². The predicted molar refractivity (Wildman–Crippen MR) is 102 cm³/mol. The van der Waals surface area contributed by atoms with E-state index in [0.29, 0.717) is 29.4 Å². The molecule has 0 aromatic heterocycles. The number of nitriles is 1. The zero-order chi connectivity index (χ0) is 19.1. The Hall–Kier alpha value is -3.26. The van der Waals surface area contributed by atoms with Crippen LogP contribution in [0.1, 0.15) is 23.6 Å². The molecule has 0 aliphatic heterocycles. The van der Waals surface area contributed by atoms with Gasteiger partial charge in [-0.3, -0.25) is 4.79 Å². The van der Waals surface area contributed by atoms with Crippen LogP contribution in [-0.4, -0.2) is 19.6 Å². The minimum Gasteiger partial charge on any atom is -0.497 e. The highest BCUT2D eigenvalue weighted by atomic mass is 16.5. The van der Waals surface area contributed by atoms with Gasteiger partial charge in [0.15, 0.2) is 0 Å². The summed E-state index contributed by atoms with van der Waals surface area (Å²) >= 11 is 0. The molecule has 134 valence electrons. The van der Waals surface area contributed by atoms with E-state index in [4.69, 9.17) is 9.47 Å². The number of anilines is 1. The van der Waals surface area contributed by atoms with Crippen molar-refractivity contribution in [3.05, 3.63) is 58.7 Å². The fraction of sp³-hybridized carbons (Fsp3) is 0.238. The molecule has 1 N–H and O–H groups in total. The number of methoxy groups -OCH3 is 1. The first-order chi connectivity index (χ1) is 12.5. The minimum atomic E-state index is -0.464. The zero-order valence-corrected chi connectivity index (χ0v) is 15.4. The summed E-state index contributed by atoms with van der Waals surface area (Å²) in [7, 11) is 1.57. The molecule has 0 saturated carbocycles. The van der Waals surface area contributed by atoms with Crippen LogP contribution in [0.15, 0.2) is 42.0 Å². The molecule has 5 heteroatoms. The number of amides is 1. The molecule has 0 saturated heterocycles. The minimum absolute atomic E-state index is 0.00523. The second kappa shape index (κ2) is 8.72. The van der Waals surface area contributed by atoms with Gasteiger partial charge in [0, 0.05) is 17.3 Å². The van der Waals surface area contributed by atoms with E-state index in [1.165, 1.54) is 6.08 Å². The van der Waals surface area contributed by atoms with Crippen LogP contribution in [0.3, 0.4) is 0 Å². The molecule has 0 spiro atoms. The molecule has 0 aliphatic carbocycles. The quantitative estimate of drug-likeness (QED) is 0.624. The number of aryl methyl sites for hydroxylation is 2. The maximum atomic E-state index is 12.5. The van der Waals surface area contributed by atoms with Crippen molar-refractivity contribution in [2.45, 2.75) is 20.8 Å². The average Bonchev–Trinajstić information content (AvgIpc) is 2.63. The zero-order valence-electron chi connectivity index (χ0n) is 15.4. The van der Waals surface area contributed by atoms with E-state index in [-0.39, 0.29) is 5.57 Å². The Morgan fingerprint density at radius 1 is 1.19 bits per heavy atom. The van der Waals surface area contributed by atoms with E-state index in [0.717, 1.165) is 11.1 Å². The van der Waals surface area contributed by atoms with Crippen molar-refractivity contribution in [1.29, 1.82) is 5.26 Å².